The molecule has 0 saturated heterocycles. The number of rotatable bonds is 6. The number of hydrogen-bond donors (Lipinski definition) is 2. The number of aromatic amines is 1. The molecule has 2 aromatic rings. The fourth-order valence-electron chi connectivity index (χ4n) is 3.00. The maximum atomic E-state index is 4.18. The first-order valence-electron chi connectivity index (χ1n) is 7.52. The Hall–Kier alpha value is -1.72. The maximum absolute atomic E-state index is 4.18. The number of pyridine rings is 1. The largest absolute Gasteiger partial charge is 0.311 e. The predicted octanol–water partition coefficient (Wildman–Crippen LogP) is 2.05. The first kappa shape index (κ1) is 14.2. The molecular weight excluding hydrogens is 262 g/mol. The van der Waals surface area contributed by atoms with Crippen molar-refractivity contribution in [2.24, 2.45) is 0 Å². The van der Waals surface area contributed by atoms with Crippen LogP contribution in [0.3, 0.4) is 0 Å². The Morgan fingerprint density at radius 2 is 2.19 bits per heavy atom. The smallest absolute Gasteiger partial charge is 0.0710 e. The lowest BCUT2D eigenvalue weighted by Gasteiger charge is -2.47. The lowest BCUT2D eigenvalue weighted by atomic mass is 9.75. The van der Waals surface area contributed by atoms with Gasteiger partial charge in [-0.2, -0.15) is 5.10 Å². The zero-order valence-electron chi connectivity index (χ0n) is 12.8. The monoisotopic (exact) mass is 285 g/mol. The van der Waals surface area contributed by atoms with Crippen LogP contribution in [0.4, 0.5) is 0 Å². The van der Waals surface area contributed by atoms with Crippen LogP contribution in [-0.4, -0.2) is 46.3 Å². The van der Waals surface area contributed by atoms with E-state index in [1.807, 2.05) is 18.5 Å². The van der Waals surface area contributed by atoms with E-state index in [1.54, 1.807) is 6.20 Å². The second-order valence-corrected chi connectivity index (χ2v) is 6.09. The van der Waals surface area contributed by atoms with Crippen LogP contribution in [0.15, 0.2) is 30.7 Å². The maximum Gasteiger partial charge on any atom is 0.0710 e. The van der Waals surface area contributed by atoms with Crippen molar-refractivity contribution in [3.63, 3.8) is 0 Å². The van der Waals surface area contributed by atoms with Crippen molar-refractivity contribution in [1.82, 2.24) is 25.4 Å². The molecule has 0 bridgehead atoms. The van der Waals surface area contributed by atoms with Crippen LogP contribution >= 0.6 is 0 Å². The molecule has 5 heteroatoms. The van der Waals surface area contributed by atoms with Gasteiger partial charge in [-0.25, -0.2) is 0 Å². The van der Waals surface area contributed by atoms with Crippen molar-refractivity contribution >= 4 is 0 Å². The second-order valence-electron chi connectivity index (χ2n) is 6.09. The molecule has 3 rings (SSSR count). The molecule has 2 N–H and O–H groups in total. The summed E-state index contributed by atoms with van der Waals surface area (Å²) in [5, 5.41) is 10.9. The van der Waals surface area contributed by atoms with Crippen LogP contribution in [0.5, 0.6) is 0 Å². The third-order valence-corrected chi connectivity index (χ3v) is 4.67. The van der Waals surface area contributed by atoms with Gasteiger partial charge in [0.25, 0.3) is 0 Å². The topological polar surface area (TPSA) is 56.8 Å². The summed E-state index contributed by atoms with van der Waals surface area (Å²) >= 11 is 0. The molecule has 0 aliphatic heterocycles. The Morgan fingerprint density at radius 1 is 1.33 bits per heavy atom. The first-order valence-corrected chi connectivity index (χ1v) is 7.52. The van der Waals surface area contributed by atoms with Crippen LogP contribution in [-0.2, 0) is 6.54 Å². The minimum absolute atomic E-state index is 0.345. The van der Waals surface area contributed by atoms with Gasteiger partial charge in [0.1, 0.15) is 0 Å². The second kappa shape index (κ2) is 5.95. The summed E-state index contributed by atoms with van der Waals surface area (Å²) in [6.07, 6.45) is 9.46. The van der Waals surface area contributed by atoms with E-state index in [-0.39, 0.29) is 0 Å². The van der Waals surface area contributed by atoms with E-state index in [0.29, 0.717) is 5.54 Å². The molecule has 2 heterocycles. The normalized spacial score (nSPS) is 16.9. The fraction of sp³-hybridized carbons (Fsp3) is 0.500. The Labute approximate surface area is 125 Å². The summed E-state index contributed by atoms with van der Waals surface area (Å²) in [5.74, 6) is 0. The van der Waals surface area contributed by atoms with Gasteiger partial charge in [-0.15, -0.1) is 0 Å². The van der Waals surface area contributed by atoms with Gasteiger partial charge >= 0.3 is 0 Å². The predicted molar refractivity (Wildman–Crippen MR) is 83.8 cm³/mol. The van der Waals surface area contributed by atoms with Crippen LogP contribution in [0.2, 0.25) is 0 Å². The Kier molecular flexibility index (Phi) is 4.03. The Morgan fingerprint density at radius 3 is 2.81 bits per heavy atom. The third-order valence-electron chi connectivity index (χ3n) is 4.67. The van der Waals surface area contributed by atoms with Crippen LogP contribution in [0, 0.1) is 0 Å². The molecule has 1 aliphatic carbocycles. The number of aromatic nitrogens is 3. The number of hydrogen-bond acceptors (Lipinski definition) is 4. The minimum atomic E-state index is 0.345. The van der Waals surface area contributed by atoms with Crippen molar-refractivity contribution in [3.05, 3.63) is 36.3 Å². The van der Waals surface area contributed by atoms with E-state index in [0.717, 1.165) is 24.3 Å². The SMILES string of the molecule is CN(C)C1(CNCc2cn[nH]c2-c2cccnc2)CCC1. The van der Waals surface area contributed by atoms with E-state index < -0.39 is 0 Å². The van der Waals surface area contributed by atoms with Crippen molar-refractivity contribution in [2.45, 2.75) is 31.3 Å². The number of nitrogens with zero attached hydrogens (tertiary/aromatic N) is 3. The molecule has 2 aromatic heterocycles. The van der Waals surface area contributed by atoms with E-state index in [4.69, 9.17) is 0 Å². The Balaban J connectivity index is 1.63. The fourth-order valence-corrected chi connectivity index (χ4v) is 3.00. The van der Waals surface area contributed by atoms with Gasteiger partial charge in [0.15, 0.2) is 0 Å². The van der Waals surface area contributed by atoms with Crippen molar-refractivity contribution in [2.75, 3.05) is 20.6 Å². The third kappa shape index (κ3) is 2.84. The molecule has 0 amide bonds. The number of H-pyrrole nitrogens is 1. The summed E-state index contributed by atoms with van der Waals surface area (Å²) < 4.78 is 0. The minimum Gasteiger partial charge on any atom is -0.311 e. The van der Waals surface area contributed by atoms with Gasteiger partial charge in [0.05, 0.1) is 11.9 Å². The van der Waals surface area contributed by atoms with Gasteiger partial charge in [-0.1, -0.05) is 0 Å². The molecule has 5 nitrogen and oxygen atoms in total. The average molecular weight is 285 g/mol. The lowest BCUT2D eigenvalue weighted by molar-refractivity contribution is 0.0598. The average Bonchev–Trinajstić information content (AvgIpc) is 2.90. The quantitative estimate of drug-likeness (QED) is 0.853. The summed E-state index contributed by atoms with van der Waals surface area (Å²) in [6.45, 7) is 1.86. The molecule has 0 unspecified atom stereocenters. The number of nitrogens with one attached hydrogen (secondary N) is 2. The Bertz CT molecular complexity index is 571. The van der Waals surface area contributed by atoms with Gasteiger partial charge in [-0.3, -0.25) is 10.1 Å². The molecule has 0 atom stereocenters. The van der Waals surface area contributed by atoms with Gasteiger partial charge in [0, 0.05) is 42.1 Å². The highest BCUT2D eigenvalue weighted by atomic mass is 15.2. The molecule has 0 spiro atoms. The molecule has 1 fully saturated rings. The highest BCUT2D eigenvalue weighted by molar-refractivity contribution is 5.61. The highest BCUT2D eigenvalue weighted by Gasteiger charge is 2.38. The van der Waals surface area contributed by atoms with E-state index in [2.05, 4.69) is 45.6 Å². The van der Waals surface area contributed by atoms with Crippen molar-refractivity contribution in [3.8, 4) is 11.3 Å². The van der Waals surface area contributed by atoms with Crippen LogP contribution in [0.25, 0.3) is 11.3 Å². The highest BCUT2D eigenvalue weighted by Crippen LogP contribution is 2.35. The summed E-state index contributed by atoms with van der Waals surface area (Å²) in [6, 6.07) is 4.00. The van der Waals surface area contributed by atoms with E-state index >= 15 is 0 Å². The van der Waals surface area contributed by atoms with Crippen molar-refractivity contribution < 1.29 is 0 Å². The molecule has 112 valence electrons. The van der Waals surface area contributed by atoms with Crippen LogP contribution in [0.1, 0.15) is 24.8 Å². The summed E-state index contributed by atoms with van der Waals surface area (Å²) in [7, 11) is 4.36. The lowest BCUT2D eigenvalue weighted by Crippen LogP contribution is -2.56. The van der Waals surface area contributed by atoms with Crippen molar-refractivity contribution in [1.29, 1.82) is 0 Å². The van der Waals surface area contributed by atoms with Gasteiger partial charge < -0.3 is 10.2 Å². The number of likely N-dealkylation sites (N-methyl/N-ethyl adjacent to an activating group) is 1. The van der Waals surface area contributed by atoms with E-state index in [9.17, 15) is 0 Å². The molecule has 1 aliphatic rings. The van der Waals surface area contributed by atoms with Crippen LogP contribution < -0.4 is 5.32 Å². The van der Waals surface area contributed by atoms with E-state index in [1.165, 1.54) is 24.8 Å². The zero-order valence-corrected chi connectivity index (χ0v) is 12.8. The molecular formula is C16H23N5. The molecule has 1 saturated carbocycles. The zero-order chi connectivity index (χ0) is 14.7. The molecule has 21 heavy (non-hydrogen) atoms. The molecule has 0 radical (unpaired) electrons. The summed E-state index contributed by atoms with van der Waals surface area (Å²) in [4.78, 5) is 6.53. The molecule has 0 aromatic carbocycles. The van der Waals surface area contributed by atoms with Gasteiger partial charge in [0.2, 0.25) is 0 Å². The standard InChI is InChI=1S/C16H23N5/c1-21(2)16(6-4-7-16)12-18-10-14-11-19-20-15(14)13-5-3-8-17-9-13/h3,5,8-9,11,18H,4,6-7,10,12H2,1-2H3,(H,19,20). The van der Waals surface area contributed by atoms with Gasteiger partial charge in [-0.05, 0) is 45.5 Å². The first-order chi connectivity index (χ1) is 10.2. The summed E-state index contributed by atoms with van der Waals surface area (Å²) in [5.41, 5.74) is 3.68.